The quantitative estimate of drug-likeness (QED) is 0.761. The average molecular weight is 358 g/mol. The number of carbonyl (C=O) groups excluding carboxylic acids is 1. The summed E-state index contributed by atoms with van der Waals surface area (Å²) in [6, 6.07) is 0. The second kappa shape index (κ2) is 6.12. The predicted molar refractivity (Wildman–Crippen MR) is 88.5 cm³/mol. The molecule has 0 aromatic carbocycles. The van der Waals surface area contributed by atoms with E-state index in [4.69, 9.17) is 0 Å². The molecule has 2 aliphatic rings. The van der Waals surface area contributed by atoms with E-state index in [1.165, 1.54) is 21.9 Å². The van der Waals surface area contributed by atoms with Crippen LogP contribution in [0.1, 0.15) is 17.6 Å². The molecule has 0 saturated carbocycles. The normalized spacial score (nSPS) is 28.0. The lowest BCUT2D eigenvalue weighted by atomic mass is 9.80. The molecule has 2 fully saturated rings. The zero-order chi connectivity index (χ0) is 16.7. The molecule has 128 valence electrons. The first-order valence-corrected chi connectivity index (χ1v) is 10.5. The number of thiazole rings is 1. The van der Waals surface area contributed by atoms with Gasteiger partial charge in [-0.2, -0.15) is 0 Å². The number of hydrogen-bond acceptors (Lipinski definition) is 6. The van der Waals surface area contributed by atoms with Gasteiger partial charge in [-0.1, -0.05) is 6.92 Å². The Morgan fingerprint density at radius 2 is 2.39 bits per heavy atom. The van der Waals surface area contributed by atoms with Crippen molar-refractivity contribution in [3.8, 4) is 0 Å². The Bertz CT molecular complexity index is 703. The van der Waals surface area contributed by atoms with Gasteiger partial charge in [0.1, 0.15) is 5.01 Å². The smallest absolute Gasteiger partial charge is 0.229 e. The highest BCUT2D eigenvalue weighted by Crippen LogP contribution is 2.40. The summed E-state index contributed by atoms with van der Waals surface area (Å²) in [5, 5.41) is 9.08. The molecule has 0 bridgehead atoms. The Kier molecular flexibility index (Phi) is 4.47. The number of sulfonamides is 1. The summed E-state index contributed by atoms with van der Waals surface area (Å²) in [5.74, 6) is -0.0494. The van der Waals surface area contributed by atoms with Crippen molar-refractivity contribution in [3.05, 3.63) is 16.1 Å². The molecular formula is C14H22N4O3S2. The first-order valence-electron chi connectivity index (χ1n) is 7.72. The van der Waals surface area contributed by atoms with Gasteiger partial charge in [-0.25, -0.2) is 17.7 Å². The fourth-order valence-corrected chi connectivity index (χ4v) is 5.11. The van der Waals surface area contributed by atoms with Crippen LogP contribution < -0.4 is 10.6 Å². The number of rotatable bonds is 5. The maximum absolute atomic E-state index is 12.8. The molecule has 23 heavy (non-hydrogen) atoms. The summed E-state index contributed by atoms with van der Waals surface area (Å²) in [4.78, 5) is 17.2. The van der Waals surface area contributed by atoms with E-state index in [9.17, 15) is 13.2 Å². The minimum atomic E-state index is -3.27. The minimum absolute atomic E-state index is 0.0275. The second-order valence-corrected chi connectivity index (χ2v) is 9.23. The van der Waals surface area contributed by atoms with E-state index in [1.807, 2.05) is 12.3 Å². The molecule has 2 N–H and O–H groups in total. The zero-order valence-corrected chi connectivity index (χ0v) is 15.0. The third-order valence-corrected chi connectivity index (χ3v) is 6.89. The van der Waals surface area contributed by atoms with Gasteiger partial charge in [0.25, 0.3) is 0 Å². The van der Waals surface area contributed by atoms with Gasteiger partial charge in [0.2, 0.25) is 15.9 Å². The van der Waals surface area contributed by atoms with Crippen molar-refractivity contribution < 1.29 is 13.2 Å². The molecule has 3 rings (SSSR count). The van der Waals surface area contributed by atoms with Crippen molar-refractivity contribution in [2.45, 2.75) is 19.9 Å². The van der Waals surface area contributed by atoms with E-state index in [2.05, 4.69) is 15.6 Å². The van der Waals surface area contributed by atoms with E-state index >= 15 is 0 Å². The summed E-state index contributed by atoms with van der Waals surface area (Å²) < 4.78 is 25.0. The van der Waals surface area contributed by atoms with Gasteiger partial charge in [-0.15, -0.1) is 11.3 Å². The van der Waals surface area contributed by atoms with E-state index in [0.29, 0.717) is 26.2 Å². The Balaban J connectivity index is 1.70. The van der Waals surface area contributed by atoms with Crippen LogP contribution in [0.4, 0.5) is 0 Å². The fraction of sp³-hybridized carbons (Fsp3) is 0.714. The first kappa shape index (κ1) is 16.8. The highest BCUT2D eigenvalue weighted by atomic mass is 32.2. The van der Waals surface area contributed by atoms with Crippen molar-refractivity contribution in [1.29, 1.82) is 0 Å². The first-order chi connectivity index (χ1) is 10.8. The summed E-state index contributed by atoms with van der Waals surface area (Å²) in [7, 11) is -3.27. The minimum Gasteiger partial charge on any atom is -0.349 e. The molecule has 1 aromatic rings. The van der Waals surface area contributed by atoms with Gasteiger partial charge in [0.05, 0.1) is 23.9 Å². The lowest BCUT2D eigenvalue weighted by Gasteiger charge is -2.26. The van der Waals surface area contributed by atoms with Crippen LogP contribution in [0.15, 0.2) is 5.38 Å². The lowest BCUT2D eigenvalue weighted by molar-refractivity contribution is -0.130. The Labute approximate surface area is 140 Å². The number of nitrogens with one attached hydrogen (secondary N) is 2. The molecule has 0 spiro atoms. The number of aryl methyl sites for hydroxylation is 1. The van der Waals surface area contributed by atoms with Crippen LogP contribution in [0.25, 0.3) is 0 Å². The van der Waals surface area contributed by atoms with Crippen molar-refractivity contribution in [3.63, 3.8) is 0 Å². The summed E-state index contributed by atoms with van der Waals surface area (Å²) >= 11 is 1.54. The molecule has 0 unspecified atom stereocenters. The van der Waals surface area contributed by atoms with Gasteiger partial charge in [-0.05, 0) is 6.42 Å². The SMILES string of the molecule is CCc1csc(CNC(=O)[C@@]23CNC[C@@H]2CN(S(C)(=O)=O)C3)n1. The molecule has 1 amide bonds. The Hall–Kier alpha value is -1.03. The molecule has 0 aliphatic carbocycles. The number of aromatic nitrogens is 1. The van der Waals surface area contributed by atoms with E-state index in [1.54, 1.807) is 0 Å². The number of nitrogens with zero attached hydrogens (tertiary/aromatic N) is 2. The number of amides is 1. The molecule has 3 heterocycles. The zero-order valence-electron chi connectivity index (χ0n) is 13.3. The third-order valence-electron chi connectivity index (χ3n) is 4.78. The predicted octanol–water partition coefficient (Wildman–Crippen LogP) is -0.197. The van der Waals surface area contributed by atoms with Crippen molar-refractivity contribution in [1.82, 2.24) is 19.9 Å². The highest BCUT2D eigenvalue weighted by Gasteiger charge is 2.56. The van der Waals surface area contributed by atoms with Crippen LogP contribution in [0.2, 0.25) is 0 Å². The van der Waals surface area contributed by atoms with Crippen LogP contribution >= 0.6 is 11.3 Å². The molecular weight excluding hydrogens is 336 g/mol. The second-order valence-electron chi connectivity index (χ2n) is 6.31. The van der Waals surface area contributed by atoms with Crippen molar-refractivity contribution in [2.24, 2.45) is 11.3 Å². The molecule has 0 radical (unpaired) electrons. The molecule has 1 aromatic heterocycles. The van der Waals surface area contributed by atoms with Crippen LogP contribution in [-0.2, 0) is 27.8 Å². The van der Waals surface area contributed by atoms with E-state index < -0.39 is 15.4 Å². The Morgan fingerprint density at radius 1 is 1.61 bits per heavy atom. The lowest BCUT2D eigenvalue weighted by Crippen LogP contribution is -2.47. The molecule has 2 saturated heterocycles. The average Bonchev–Trinajstić information content (AvgIpc) is 3.17. The number of fused-ring (bicyclic) bond motifs is 1. The summed E-state index contributed by atoms with van der Waals surface area (Å²) in [6.07, 6.45) is 2.08. The van der Waals surface area contributed by atoms with Gasteiger partial charge in [0, 0.05) is 37.5 Å². The van der Waals surface area contributed by atoms with E-state index in [-0.39, 0.29) is 18.4 Å². The van der Waals surface area contributed by atoms with Gasteiger partial charge in [0.15, 0.2) is 0 Å². The standard InChI is InChI=1S/C14H22N4O3S2/c1-3-11-7-22-12(17-11)5-16-13(19)14-8-15-4-10(14)6-18(9-14)23(2,20)21/h7,10,15H,3-6,8-9H2,1-2H3,(H,16,19)/t10-,14-/m1/s1. The van der Waals surface area contributed by atoms with Crippen LogP contribution in [0.3, 0.4) is 0 Å². The Morgan fingerprint density at radius 3 is 3.04 bits per heavy atom. The molecule has 2 aliphatic heterocycles. The van der Waals surface area contributed by atoms with Crippen LogP contribution in [0, 0.1) is 11.3 Å². The number of carbonyl (C=O) groups is 1. The molecule has 7 nitrogen and oxygen atoms in total. The number of hydrogen-bond donors (Lipinski definition) is 2. The van der Waals surface area contributed by atoms with E-state index in [0.717, 1.165) is 17.1 Å². The van der Waals surface area contributed by atoms with Crippen LogP contribution in [-0.4, -0.2) is 56.0 Å². The van der Waals surface area contributed by atoms with Gasteiger partial charge < -0.3 is 10.6 Å². The van der Waals surface area contributed by atoms with Gasteiger partial charge >= 0.3 is 0 Å². The third kappa shape index (κ3) is 3.15. The maximum atomic E-state index is 12.8. The fourth-order valence-electron chi connectivity index (χ4n) is 3.37. The largest absolute Gasteiger partial charge is 0.349 e. The monoisotopic (exact) mass is 358 g/mol. The van der Waals surface area contributed by atoms with Crippen molar-refractivity contribution in [2.75, 3.05) is 32.4 Å². The maximum Gasteiger partial charge on any atom is 0.229 e. The van der Waals surface area contributed by atoms with Crippen LogP contribution in [0.5, 0.6) is 0 Å². The highest BCUT2D eigenvalue weighted by molar-refractivity contribution is 7.88. The molecule has 9 heteroatoms. The summed E-state index contributed by atoms with van der Waals surface area (Å²) in [5.41, 5.74) is 0.371. The topological polar surface area (TPSA) is 91.4 Å². The summed E-state index contributed by atoms with van der Waals surface area (Å²) in [6.45, 7) is 4.31. The van der Waals surface area contributed by atoms with Gasteiger partial charge in [-0.3, -0.25) is 4.79 Å². The molecule has 2 atom stereocenters. The van der Waals surface area contributed by atoms with Crippen molar-refractivity contribution >= 4 is 27.3 Å².